The molecule has 2 N–H and O–H groups in total. The van der Waals surface area contributed by atoms with Gasteiger partial charge in [-0.15, -0.1) is 0 Å². The molecule has 0 radical (unpaired) electrons. The molecule has 0 aliphatic carbocycles. The first-order chi connectivity index (χ1) is 8.37. The molecule has 1 heterocycles. The number of hydrogen-bond donors (Lipinski definition) is 1. The second-order valence-electron chi connectivity index (χ2n) is 5.84. The Morgan fingerprint density at radius 2 is 1.83 bits per heavy atom. The highest BCUT2D eigenvalue weighted by Gasteiger charge is 2.29. The lowest BCUT2D eigenvalue weighted by Crippen LogP contribution is -2.52. The van der Waals surface area contributed by atoms with E-state index in [0.29, 0.717) is 26.2 Å². The highest BCUT2D eigenvalue weighted by atomic mass is 16.2. The molecule has 1 saturated heterocycles. The summed E-state index contributed by atoms with van der Waals surface area (Å²) in [5.41, 5.74) is 5.84. The van der Waals surface area contributed by atoms with Crippen LogP contribution >= 0.6 is 0 Å². The zero-order chi connectivity index (χ0) is 13.8. The Morgan fingerprint density at radius 3 is 2.44 bits per heavy atom. The third-order valence-electron chi connectivity index (χ3n) is 3.61. The Hall–Kier alpha value is -1.10. The maximum absolute atomic E-state index is 11.7. The predicted octanol–water partition coefficient (Wildman–Crippen LogP) is 0.442. The van der Waals surface area contributed by atoms with E-state index in [9.17, 15) is 9.59 Å². The summed E-state index contributed by atoms with van der Waals surface area (Å²) >= 11 is 0. The summed E-state index contributed by atoms with van der Waals surface area (Å²) in [5, 5.41) is 0. The van der Waals surface area contributed by atoms with Crippen molar-refractivity contribution in [1.29, 1.82) is 0 Å². The average molecular weight is 255 g/mol. The fraction of sp³-hybridized carbons (Fsp3) is 0.846. The van der Waals surface area contributed by atoms with Crippen LogP contribution in [0.1, 0.15) is 33.1 Å². The highest BCUT2D eigenvalue weighted by molar-refractivity contribution is 6.35. The van der Waals surface area contributed by atoms with E-state index in [1.165, 1.54) is 4.90 Å². The van der Waals surface area contributed by atoms with Gasteiger partial charge in [0.15, 0.2) is 0 Å². The van der Waals surface area contributed by atoms with E-state index in [-0.39, 0.29) is 17.2 Å². The largest absolute Gasteiger partial charge is 0.336 e. The summed E-state index contributed by atoms with van der Waals surface area (Å²) in [7, 11) is 1.67. The van der Waals surface area contributed by atoms with Crippen LogP contribution in [0, 0.1) is 5.41 Å². The van der Waals surface area contributed by atoms with Crippen molar-refractivity contribution in [2.45, 2.75) is 33.1 Å². The summed E-state index contributed by atoms with van der Waals surface area (Å²) in [4.78, 5) is 26.3. The van der Waals surface area contributed by atoms with Crippen LogP contribution in [0.4, 0.5) is 0 Å². The molecule has 1 aliphatic heterocycles. The first-order valence-corrected chi connectivity index (χ1v) is 6.62. The molecule has 1 aliphatic rings. The molecule has 0 unspecified atom stereocenters. The smallest absolute Gasteiger partial charge is 0.312 e. The molecule has 0 atom stereocenters. The standard InChI is InChI=1S/C13H25N3O2/c1-13(2,10-14)6-4-5-7-16-9-8-15(3)11(17)12(16)18/h4-10,14H2,1-3H3. The number of hydrogen-bond acceptors (Lipinski definition) is 3. The van der Waals surface area contributed by atoms with Gasteiger partial charge in [0.2, 0.25) is 0 Å². The molecule has 5 heteroatoms. The van der Waals surface area contributed by atoms with Crippen molar-refractivity contribution in [3.63, 3.8) is 0 Å². The fourth-order valence-electron chi connectivity index (χ4n) is 1.99. The molecule has 18 heavy (non-hydrogen) atoms. The fourth-order valence-corrected chi connectivity index (χ4v) is 1.99. The summed E-state index contributed by atoms with van der Waals surface area (Å²) in [6.45, 7) is 6.95. The SMILES string of the molecule is CN1CCN(CCCCC(C)(C)CN)C(=O)C1=O. The van der Waals surface area contributed by atoms with Gasteiger partial charge in [-0.2, -0.15) is 0 Å². The van der Waals surface area contributed by atoms with E-state index >= 15 is 0 Å². The van der Waals surface area contributed by atoms with Crippen LogP contribution in [0.15, 0.2) is 0 Å². The van der Waals surface area contributed by atoms with Gasteiger partial charge in [-0.05, 0) is 24.8 Å². The van der Waals surface area contributed by atoms with Crippen molar-refractivity contribution in [2.24, 2.45) is 11.1 Å². The lowest BCUT2D eigenvalue weighted by Gasteiger charge is -2.31. The molecule has 0 saturated carbocycles. The van der Waals surface area contributed by atoms with Crippen LogP contribution in [0.2, 0.25) is 0 Å². The maximum atomic E-state index is 11.7. The summed E-state index contributed by atoms with van der Waals surface area (Å²) in [5.74, 6) is -0.745. The van der Waals surface area contributed by atoms with Crippen LogP contribution in [0.3, 0.4) is 0 Å². The maximum Gasteiger partial charge on any atom is 0.312 e. The van der Waals surface area contributed by atoms with E-state index in [4.69, 9.17) is 5.73 Å². The van der Waals surface area contributed by atoms with E-state index in [2.05, 4.69) is 13.8 Å². The topological polar surface area (TPSA) is 66.6 Å². The number of piperazine rings is 1. The van der Waals surface area contributed by atoms with E-state index < -0.39 is 0 Å². The van der Waals surface area contributed by atoms with Crippen LogP contribution in [0.25, 0.3) is 0 Å². The molecule has 104 valence electrons. The number of amides is 2. The zero-order valence-corrected chi connectivity index (χ0v) is 11.7. The second-order valence-corrected chi connectivity index (χ2v) is 5.84. The van der Waals surface area contributed by atoms with E-state index in [1.807, 2.05) is 0 Å². The minimum atomic E-state index is -0.386. The number of rotatable bonds is 6. The molecule has 0 aromatic carbocycles. The summed E-state index contributed by atoms with van der Waals surface area (Å²) < 4.78 is 0. The van der Waals surface area contributed by atoms with Crippen molar-refractivity contribution in [2.75, 3.05) is 33.2 Å². The molecule has 1 rings (SSSR count). The number of nitrogens with two attached hydrogens (primary N) is 1. The third-order valence-corrected chi connectivity index (χ3v) is 3.61. The first kappa shape index (κ1) is 15.0. The van der Waals surface area contributed by atoms with Gasteiger partial charge in [-0.25, -0.2) is 0 Å². The van der Waals surface area contributed by atoms with Gasteiger partial charge in [-0.1, -0.05) is 20.3 Å². The van der Waals surface area contributed by atoms with Crippen LogP contribution in [0.5, 0.6) is 0 Å². The van der Waals surface area contributed by atoms with Gasteiger partial charge < -0.3 is 15.5 Å². The number of nitrogens with zero attached hydrogens (tertiary/aromatic N) is 2. The zero-order valence-electron chi connectivity index (χ0n) is 11.7. The first-order valence-electron chi connectivity index (χ1n) is 6.62. The van der Waals surface area contributed by atoms with Gasteiger partial charge in [0, 0.05) is 26.7 Å². The van der Waals surface area contributed by atoms with E-state index in [1.54, 1.807) is 11.9 Å². The molecular weight excluding hydrogens is 230 g/mol. The van der Waals surface area contributed by atoms with Crippen molar-refractivity contribution in [1.82, 2.24) is 9.80 Å². The minimum Gasteiger partial charge on any atom is -0.336 e. The third kappa shape index (κ3) is 3.98. The Kier molecular flexibility index (Phi) is 5.14. The van der Waals surface area contributed by atoms with Crippen molar-refractivity contribution in [3.05, 3.63) is 0 Å². The molecular formula is C13H25N3O2. The van der Waals surface area contributed by atoms with Crippen LogP contribution in [-0.4, -0.2) is 54.8 Å². The van der Waals surface area contributed by atoms with Crippen molar-refractivity contribution >= 4 is 11.8 Å². The van der Waals surface area contributed by atoms with Gasteiger partial charge in [0.05, 0.1) is 0 Å². The van der Waals surface area contributed by atoms with Crippen molar-refractivity contribution < 1.29 is 9.59 Å². The Morgan fingerprint density at radius 1 is 1.17 bits per heavy atom. The van der Waals surface area contributed by atoms with Crippen molar-refractivity contribution in [3.8, 4) is 0 Å². The van der Waals surface area contributed by atoms with Gasteiger partial charge >= 0.3 is 11.8 Å². The molecule has 1 fully saturated rings. The number of unbranched alkanes of at least 4 members (excludes halogenated alkanes) is 1. The molecule has 5 nitrogen and oxygen atoms in total. The summed E-state index contributed by atoms with van der Waals surface area (Å²) in [6, 6.07) is 0. The molecule has 0 aromatic heterocycles. The van der Waals surface area contributed by atoms with Crippen LogP contribution in [-0.2, 0) is 9.59 Å². The van der Waals surface area contributed by atoms with Crippen LogP contribution < -0.4 is 5.73 Å². The summed E-state index contributed by atoms with van der Waals surface area (Å²) in [6.07, 6.45) is 3.03. The highest BCUT2D eigenvalue weighted by Crippen LogP contribution is 2.21. The average Bonchev–Trinajstić information content (AvgIpc) is 2.34. The molecule has 0 bridgehead atoms. The lowest BCUT2D eigenvalue weighted by atomic mass is 9.87. The Balaban J connectivity index is 2.28. The predicted molar refractivity (Wildman–Crippen MR) is 70.9 cm³/mol. The van der Waals surface area contributed by atoms with Gasteiger partial charge in [0.25, 0.3) is 0 Å². The second kappa shape index (κ2) is 6.18. The molecule has 0 spiro atoms. The van der Waals surface area contributed by atoms with Gasteiger partial charge in [-0.3, -0.25) is 9.59 Å². The Labute approximate surface area is 109 Å². The minimum absolute atomic E-state index is 0.169. The monoisotopic (exact) mass is 255 g/mol. The lowest BCUT2D eigenvalue weighted by molar-refractivity contribution is -0.154. The number of carbonyl (C=O) groups excluding carboxylic acids is 2. The molecule has 2 amide bonds. The Bertz CT molecular complexity index is 315. The van der Waals surface area contributed by atoms with E-state index in [0.717, 1.165) is 19.3 Å². The quantitative estimate of drug-likeness (QED) is 0.553. The van der Waals surface area contributed by atoms with Gasteiger partial charge in [0.1, 0.15) is 0 Å². The number of carbonyl (C=O) groups is 2. The number of likely N-dealkylation sites (N-methyl/N-ethyl adjacent to an activating group) is 1. The normalized spacial score (nSPS) is 17.6. The molecule has 0 aromatic rings.